The van der Waals surface area contributed by atoms with E-state index >= 15 is 0 Å². The summed E-state index contributed by atoms with van der Waals surface area (Å²) in [6, 6.07) is 11.3. The summed E-state index contributed by atoms with van der Waals surface area (Å²) >= 11 is 5.93. The van der Waals surface area contributed by atoms with E-state index in [2.05, 4.69) is 5.32 Å². The fourth-order valence-corrected chi connectivity index (χ4v) is 2.54. The van der Waals surface area contributed by atoms with Gasteiger partial charge in [-0.2, -0.15) is 0 Å². The molecule has 1 N–H and O–H groups in total. The number of methoxy groups -OCH3 is 1. The standard InChI is InChI=1S/C20H20ClNO6/c1-13(15-4-3-5-16(21)9-15)22-19(24)11-28-20(25)12-27-17-7-6-14(10-23)8-18(17)26-2/h3-10,13H,11-12H2,1-2H3,(H,22,24)/t13-/m1/s1. The normalized spacial score (nSPS) is 11.2. The summed E-state index contributed by atoms with van der Waals surface area (Å²) in [5, 5.41) is 3.28. The first-order valence-electron chi connectivity index (χ1n) is 8.39. The molecule has 1 amide bonds. The van der Waals surface area contributed by atoms with Crippen molar-refractivity contribution in [1.29, 1.82) is 0 Å². The summed E-state index contributed by atoms with van der Waals surface area (Å²) in [6.45, 7) is 0.950. The van der Waals surface area contributed by atoms with Crippen LogP contribution in [0.1, 0.15) is 28.9 Å². The van der Waals surface area contributed by atoms with Crippen LogP contribution in [-0.2, 0) is 14.3 Å². The van der Waals surface area contributed by atoms with Crippen molar-refractivity contribution in [3.8, 4) is 11.5 Å². The Balaban J connectivity index is 1.79. The first-order valence-corrected chi connectivity index (χ1v) is 8.77. The third-order valence-electron chi connectivity index (χ3n) is 3.76. The van der Waals surface area contributed by atoms with Crippen molar-refractivity contribution >= 4 is 29.8 Å². The molecule has 148 valence electrons. The molecule has 0 radical (unpaired) electrons. The Morgan fingerprint density at radius 2 is 1.93 bits per heavy atom. The molecule has 7 nitrogen and oxygen atoms in total. The molecule has 0 aromatic heterocycles. The minimum Gasteiger partial charge on any atom is -0.493 e. The predicted octanol–water partition coefficient (Wildman–Crippen LogP) is 2.96. The number of rotatable bonds is 9. The fraction of sp³-hybridized carbons (Fsp3) is 0.250. The molecule has 0 fully saturated rings. The van der Waals surface area contributed by atoms with Crippen molar-refractivity contribution in [3.05, 3.63) is 58.6 Å². The molecule has 2 aromatic carbocycles. The zero-order valence-electron chi connectivity index (χ0n) is 15.4. The van der Waals surface area contributed by atoms with Crippen molar-refractivity contribution in [3.63, 3.8) is 0 Å². The van der Waals surface area contributed by atoms with Gasteiger partial charge < -0.3 is 19.5 Å². The van der Waals surface area contributed by atoms with Gasteiger partial charge in [-0.15, -0.1) is 0 Å². The van der Waals surface area contributed by atoms with Crippen LogP contribution in [0.4, 0.5) is 0 Å². The number of hydrogen-bond donors (Lipinski definition) is 1. The summed E-state index contributed by atoms with van der Waals surface area (Å²) in [4.78, 5) is 34.5. The largest absolute Gasteiger partial charge is 0.493 e. The van der Waals surface area contributed by atoms with E-state index < -0.39 is 25.1 Å². The molecule has 0 saturated carbocycles. The highest BCUT2D eigenvalue weighted by Gasteiger charge is 2.14. The van der Waals surface area contributed by atoms with E-state index in [9.17, 15) is 14.4 Å². The van der Waals surface area contributed by atoms with Crippen molar-refractivity contribution in [2.45, 2.75) is 13.0 Å². The Hall–Kier alpha value is -3.06. The molecule has 0 saturated heterocycles. The zero-order chi connectivity index (χ0) is 20.5. The maximum atomic E-state index is 11.9. The Bertz CT molecular complexity index is 854. The van der Waals surface area contributed by atoms with Gasteiger partial charge in [0.2, 0.25) is 0 Å². The van der Waals surface area contributed by atoms with Gasteiger partial charge in [-0.05, 0) is 42.8 Å². The molecule has 0 spiro atoms. The van der Waals surface area contributed by atoms with Gasteiger partial charge in [-0.25, -0.2) is 4.79 Å². The Morgan fingerprint density at radius 3 is 2.61 bits per heavy atom. The van der Waals surface area contributed by atoms with Crippen molar-refractivity contribution in [2.24, 2.45) is 0 Å². The molecule has 1 atom stereocenters. The maximum Gasteiger partial charge on any atom is 0.344 e. The summed E-state index contributed by atoms with van der Waals surface area (Å²) < 4.78 is 15.3. The monoisotopic (exact) mass is 405 g/mol. The van der Waals surface area contributed by atoms with Crippen LogP contribution in [-0.4, -0.2) is 38.5 Å². The minimum atomic E-state index is -0.716. The van der Waals surface area contributed by atoms with Gasteiger partial charge in [-0.3, -0.25) is 9.59 Å². The lowest BCUT2D eigenvalue weighted by molar-refractivity contribution is -0.150. The van der Waals surface area contributed by atoms with Crippen LogP contribution in [0, 0.1) is 0 Å². The Morgan fingerprint density at radius 1 is 1.14 bits per heavy atom. The van der Waals surface area contributed by atoms with Gasteiger partial charge in [0.1, 0.15) is 6.29 Å². The third kappa shape index (κ3) is 6.28. The van der Waals surface area contributed by atoms with Crippen molar-refractivity contribution in [1.82, 2.24) is 5.32 Å². The van der Waals surface area contributed by atoms with E-state index in [-0.39, 0.29) is 11.8 Å². The average molecular weight is 406 g/mol. The number of esters is 1. The fourth-order valence-electron chi connectivity index (χ4n) is 2.34. The number of aldehydes is 1. The Labute approximate surface area is 167 Å². The van der Waals surface area contributed by atoms with Crippen LogP contribution >= 0.6 is 11.6 Å². The maximum absolute atomic E-state index is 11.9. The van der Waals surface area contributed by atoms with Gasteiger partial charge in [0, 0.05) is 10.6 Å². The van der Waals surface area contributed by atoms with Gasteiger partial charge >= 0.3 is 5.97 Å². The number of carbonyl (C=O) groups excluding carboxylic acids is 3. The molecule has 0 heterocycles. The molecule has 0 aliphatic carbocycles. The van der Waals surface area contributed by atoms with Gasteiger partial charge in [0.05, 0.1) is 13.2 Å². The zero-order valence-corrected chi connectivity index (χ0v) is 16.2. The first kappa shape index (κ1) is 21.2. The number of halogens is 1. The second kappa shape index (κ2) is 10.3. The molecule has 28 heavy (non-hydrogen) atoms. The van der Waals surface area contributed by atoms with E-state index in [1.54, 1.807) is 25.1 Å². The SMILES string of the molecule is COc1cc(C=O)ccc1OCC(=O)OCC(=O)N[C@H](C)c1cccc(Cl)c1. The highest BCUT2D eigenvalue weighted by Crippen LogP contribution is 2.27. The number of amides is 1. The lowest BCUT2D eigenvalue weighted by atomic mass is 10.1. The van der Waals surface area contributed by atoms with Crippen LogP contribution in [0.3, 0.4) is 0 Å². The highest BCUT2D eigenvalue weighted by molar-refractivity contribution is 6.30. The molecule has 0 unspecified atom stereocenters. The molecule has 2 rings (SSSR count). The lowest BCUT2D eigenvalue weighted by Crippen LogP contribution is -2.32. The van der Waals surface area contributed by atoms with E-state index in [1.165, 1.54) is 25.3 Å². The number of ether oxygens (including phenoxy) is 3. The topological polar surface area (TPSA) is 90.9 Å². The molecule has 0 aliphatic heterocycles. The molecular formula is C20H20ClNO6. The van der Waals surface area contributed by atoms with Crippen LogP contribution in [0.25, 0.3) is 0 Å². The smallest absolute Gasteiger partial charge is 0.344 e. The quantitative estimate of drug-likeness (QED) is 0.509. The molecule has 0 aliphatic rings. The van der Waals surface area contributed by atoms with Crippen LogP contribution in [0.5, 0.6) is 11.5 Å². The van der Waals surface area contributed by atoms with Crippen LogP contribution < -0.4 is 14.8 Å². The van der Waals surface area contributed by atoms with Gasteiger partial charge in [0.15, 0.2) is 24.7 Å². The Kier molecular flexibility index (Phi) is 7.83. The van der Waals surface area contributed by atoms with Crippen molar-refractivity contribution < 1.29 is 28.6 Å². The summed E-state index contributed by atoms with van der Waals surface area (Å²) in [7, 11) is 1.42. The lowest BCUT2D eigenvalue weighted by Gasteiger charge is -2.15. The first-order chi connectivity index (χ1) is 13.4. The van der Waals surface area contributed by atoms with Gasteiger partial charge in [-0.1, -0.05) is 23.7 Å². The molecule has 2 aromatic rings. The number of nitrogens with one attached hydrogen (secondary N) is 1. The van der Waals surface area contributed by atoms with Crippen molar-refractivity contribution in [2.75, 3.05) is 20.3 Å². The summed E-state index contributed by atoms with van der Waals surface area (Å²) in [5.74, 6) is -0.574. The van der Waals surface area contributed by atoms with Gasteiger partial charge in [0.25, 0.3) is 5.91 Å². The highest BCUT2D eigenvalue weighted by atomic mass is 35.5. The third-order valence-corrected chi connectivity index (χ3v) is 3.99. The van der Waals surface area contributed by atoms with E-state index in [0.29, 0.717) is 22.6 Å². The second-order valence-electron chi connectivity index (χ2n) is 5.82. The number of hydrogen-bond acceptors (Lipinski definition) is 6. The molecule has 0 bridgehead atoms. The predicted molar refractivity (Wildman–Crippen MR) is 103 cm³/mol. The molecular weight excluding hydrogens is 386 g/mol. The molecule has 8 heteroatoms. The summed E-state index contributed by atoms with van der Waals surface area (Å²) in [5.41, 5.74) is 1.25. The number of benzene rings is 2. The van der Waals surface area contributed by atoms with E-state index in [1.807, 2.05) is 6.07 Å². The number of carbonyl (C=O) groups is 3. The van der Waals surface area contributed by atoms with Crippen LogP contribution in [0.2, 0.25) is 5.02 Å². The average Bonchev–Trinajstić information content (AvgIpc) is 2.70. The minimum absolute atomic E-state index is 0.282. The summed E-state index contributed by atoms with van der Waals surface area (Å²) in [6.07, 6.45) is 0.670. The van der Waals surface area contributed by atoms with Crippen LogP contribution in [0.15, 0.2) is 42.5 Å². The van der Waals surface area contributed by atoms with E-state index in [4.69, 9.17) is 25.8 Å². The van der Waals surface area contributed by atoms with E-state index in [0.717, 1.165) is 5.56 Å². The second-order valence-corrected chi connectivity index (χ2v) is 6.26.